The van der Waals surface area contributed by atoms with E-state index in [9.17, 15) is 0 Å². The van der Waals surface area contributed by atoms with Crippen LogP contribution in [0.4, 0.5) is 0 Å². The van der Waals surface area contributed by atoms with Crippen molar-refractivity contribution in [3.8, 4) is 0 Å². The van der Waals surface area contributed by atoms with Gasteiger partial charge in [-0.15, -0.1) is 0 Å². The van der Waals surface area contributed by atoms with E-state index in [2.05, 4.69) is 0 Å². The van der Waals surface area contributed by atoms with Crippen LogP contribution < -0.4 is 0 Å². The molecule has 0 aromatic carbocycles. The van der Waals surface area contributed by atoms with Crippen molar-refractivity contribution in [1.82, 2.24) is 0 Å². The van der Waals surface area contributed by atoms with Gasteiger partial charge in [-0.05, 0) is 11.0 Å². The molecule has 36 valence electrons. The van der Waals surface area contributed by atoms with E-state index in [1.807, 2.05) is 0 Å². The first-order valence-corrected chi connectivity index (χ1v) is 0. The Bertz CT molecular complexity index is 15.5. The zero-order valence-electron chi connectivity index (χ0n) is 0.354. The van der Waals surface area contributed by atoms with Crippen molar-refractivity contribution in [2.24, 2.45) is 0 Å². The molecule has 0 saturated heterocycles. The molecule has 6 heavy (non-hydrogen) atoms. The van der Waals surface area contributed by atoms with Gasteiger partial charge < -0.3 is 0 Å². The molecule has 0 N–H and O–H groups in total. The summed E-state index contributed by atoms with van der Waals surface area (Å²) in [6.45, 7) is 0. The van der Waals surface area contributed by atoms with Gasteiger partial charge in [-0.1, -0.05) is 0 Å². The Balaban J connectivity index is 0. The molecule has 0 nitrogen and oxygen atoms in total. The van der Waals surface area contributed by atoms with Gasteiger partial charge in [0.2, 0.25) is 0 Å². The molecule has 0 aliphatic rings. The SMILES string of the molecule is B.[AlH3].[BaH2].[CaH2].[Fe].[SiH4]. The van der Waals surface area contributed by atoms with Gasteiger partial charge in [0.25, 0.3) is 0 Å². The first-order valence-electron chi connectivity index (χ1n) is 0. The maximum absolute atomic E-state index is 0. The van der Waals surface area contributed by atoms with Gasteiger partial charge in [-0.25, -0.2) is 0 Å². The summed E-state index contributed by atoms with van der Waals surface area (Å²) in [7, 11) is 0. The van der Waals surface area contributed by atoms with Crippen molar-refractivity contribution in [3.05, 3.63) is 0 Å². The summed E-state index contributed by atoms with van der Waals surface area (Å²) in [5, 5.41) is 0. The van der Waals surface area contributed by atoms with Crippen LogP contribution in [0.15, 0.2) is 0 Å². The molecule has 0 rings (SSSR count). The minimum absolute atomic E-state index is 0. The van der Waals surface area contributed by atoms with Gasteiger partial charge in [0.1, 0.15) is 0 Å². The van der Waals surface area contributed by atoms with Crippen LogP contribution in [-0.2, 0) is 17.1 Å². The largest absolute Gasteiger partial charge is 0.0149 e. The Morgan fingerprint density at radius 3 is 1.00 bits per heavy atom. The molecule has 0 aliphatic carbocycles. The molecule has 0 aromatic rings. The fraction of sp³-hybridized carbons (Fsp3) is 0. The van der Waals surface area contributed by atoms with Crippen LogP contribution in [0.2, 0.25) is 0 Å². The van der Waals surface area contributed by atoms with E-state index >= 15 is 0 Å². The summed E-state index contributed by atoms with van der Waals surface area (Å²) in [5.41, 5.74) is 0. The molecule has 0 amide bonds. The van der Waals surface area contributed by atoms with Gasteiger partial charge in [-0.3, -0.25) is 0 Å². The molecule has 0 heterocycles. The van der Waals surface area contributed by atoms with Gasteiger partial charge in [-0.2, -0.15) is 0 Å². The Kier molecular flexibility index (Phi) is 289. The summed E-state index contributed by atoms with van der Waals surface area (Å²) in [5.74, 6) is 0. The third-order valence-electron chi connectivity index (χ3n) is 0. The normalized spacial score (nSPS) is 0. The van der Waals surface area contributed by atoms with Gasteiger partial charge in [0.05, 0.1) is 8.41 Å². The summed E-state index contributed by atoms with van der Waals surface area (Å²) in [6, 6.07) is 0. The van der Waals surface area contributed by atoms with Crippen LogP contribution in [0.3, 0.4) is 0 Å². The third kappa shape index (κ3) is 24.2. The minimum atomic E-state index is 0. The van der Waals surface area contributed by atoms with E-state index in [0.29, 0.717) is 0 Å². The van der Waals surface area contributed by atoms with Gasteiger partial charge in [0.15, 0.2) is 17.4 Å². The van der Waals surface area contributed by atoms with Crippen LogP contribution in [0, 0.1) is 0 Å². The summed E-state index contributed by atoms with van der Waals surface area (Å²) >= 11 is 0. The van der Waals surface area contributed by atoms with Crippen molar-refractivity contribution < 1.29 is 17.1 Å². The van der Waals surface area contributed by atoms with Crippen LogP contribution in [0.25, 0.3) is 0 Å². The van der Waals surface area contributed by atoms with Crippen LogP contribution >= 0.6 is 0 Å². The predicted molar refractivity (Wildman–Crippen MR) is 48.3 cm³/mol. The third-order valence-corrected chi connectivity index (χ3v) is 0. The average Bonchev–Trinajstić information content (AvgIpc) is 0. The molecular weight excluding hydrogens is 299 g/mol. The van der Waals surface area contributed by atoms with E-state index in [-0.39, 0.29) is 140 Å². The van der Waals surface area contributed by atoms with Crippen molar-refractivity contribution in [2.45, 2.75) is 0 Å². The fourth-order valence-corrected chi connectivity index (χ4v) is 0. The quantitative estimate of drug-likeness (QED) is 0.391. The van der Waals surface area contributed by atoms with Gasteiger partial charge >= 0.3 is 86.6 Å². The first-order chi connectivity index (χ1) is 0. The van der Waals surface area contributed by atoms with E-state index in [0.717, 1.165) is 0 Å². The second-order valence-electron chi connectivity index (χ2n) is 0. The van der Waals surface area contributed by atoms with Crippen molar-refractivity contribution in [3.63, 3.8) is 0 Å². The Labute approximate surface area is 137 Å². The van der Waals surface area contributed by atoms with E-state index in [4.69, 9.17) is 0 Å². The standard InChI is InChI=1S/Al.BH3.Ba.Ca.Fe.H4Si.7H/h;1H3;;;;1H4;;;;;;;. The van der Waals surface area contributed by atoms with Crippen LogP contribution in [0.1, 0.15) is 0 Å². The zero-order chi connectivity index (χ0) is 0. The van der Waals surface area contributed by atoms with E-state index in [1.54, 1.807) is 0 Å². The number of hydrogen-bond acceptors (Lipinski definition) is 0. The van der Waals surface area contributed by atoms with Crippen LogP contribution in [-0.4, -0.2) is 123 Å². The Hall–Kier alpha value is 4.16. The number of hydrogen-bond donors (Lipinski definition) is 0. The minimum Gasteiger partial charge on any atom is -0.0149 e. The average molecular weight is 313 g/mol. The molecule has 0 saturated carbocycles. The monoisotopic (exact) mass is 314 g/mol. The maximum atomic E-state index is 0. The van der Waals surface area contributed by atoms with Crippen LogP contribution in [0.5, 0.6) is 0 Å². The van der Waals surface area contributed by atoms with Crippen molar-refractivity contribution >= 4 is 123 Å². The molecule has 0 aliphatic heterocycles. The number of rotatable bonds is 0. The Morgan fingerprint density at radius 1 is 1.00 bits per heavy atom. The molecular formula is H14AlBBaCaFeSi. The van der Waals surface area contributed by atoms with E-state index in [1.165, 1.54) is 0 Å². The molecule has 0 atom stereocenters. The zero-order valence-corrected chi connectivity index (χ0v) is 1.46. The molecule has 6 heteroatoms. The van der Waals surface area contributed by atoms with Crippen molar-refractivity contribution in [2.75, 3.05) is 0 Å². The molecule has 0 aromatic heterocycles. The maximum Gasteiger partial charge on any atom is 0 e. The molecule has 0 unspecified atom stereocenters. The second kappa shape index (κ2) is 35.2. The fourth-order valence-electron chi connectivity index (χ4n) is 0. The van der Waals surface area contributed by atoms with E-state index < -0.39 is 0 Å². The Morgan fingerprint density at radius 2 is 1.00 bits per heavy atom. The second-order valence-corrected chi connectivity index (χ2v) is 0. The first kappa shape index (κ1) is 49.2. The summed E-state index contributed by atoms with van der Waals surface area (Å²) in [4.78, 5) is 0. The topological polar surface area (TPSA) is 0 Å². The smallest absolute Gasteiger partial charge is 0 e. The summed E-state index contributed by atoms with van der Waals surface area (Å²) < 4.78 is 0. The van der Waals surface area contributed by atoms with Gasteiger partial charge in [0, 0.05) is 17.1 Å². The molecule has 0 radical (unpaired) electrons. The summed E-state index contributed by atoms with van der Waals surface area (Å²) in [6.07, 6.45) is 0. The molecule has 0 bridgehead atoms. The molecule has 0 spiro atoms. The molecule has 0 fully saturated rings. The van der Waals surface area contributed by atoms with Crippen molar-refractivity contribution in [1.29, 1.82) is 0 Å². The predicted octanol–water partition coefficient (Wildman–Crippen LogP) is -5.65.